The Morgan fingerprint density at radius 3 is 2.79 bits per heavy atom. The van der Waals surface area contributed by atoms with Gasteiger partial charge in [0.15, 0.2) is 5.16 Å². The molecule has 6 heteroatoms. The van der Waals surface area contributed by atoms with Crippen molar-refractivity contribution in [2.75, 3.05) is 5.75 Å². The van der Waals surface area contributed by atoms with Crippen molar-refractivity contribution >= 4 is 33.3 Å². The number of unbranched alkanes of at least 4 members (excludes halogenated alkanes) is 1. The van der Waals surface area contributed by atoms with Gasteiger partial charge in [-0.15, -0.1) is 11.3 Å². The largest absolute Gasteiger partial charge is 0.372 e. The summed E-state index contributed by atoms with van der Waals surface area (Å²) in [6, 6.07) is 0.318. The third kappa shape index (κ3) is 3.92. The summed E-state index contributed by atoms with van der Waals surface area (Å²) in [7, 11) is 0. The van der Waals surface area contributed by atoms with Crippen molar-refractivity contribution in [1.82, 2.24) is 9.55 Å². The predicted octanol–water partition coefficient (Wildman–Crippen LogP) is 5.95. The van der Waals surface area contributed by atoms with Crippen LogP contribution in [0.3, 0.4) is 0 Å². The van der Waals surface area contributed by atoms with Crippen LogP contribution in [0.4, 0.5) is 0 Å². The first-order valence-corrected chi connectivity index (χ1v) is 12.7. The highest BCUT2D eigenvalue weighted by atomic mass is 32.2. The van der Waals surface area contributed by atoms with Gasteiger partial charge >= 0.3 is 0 Å². The zero-order chi connectivity index (χ0) is 19.7. The zero-order valence-corrected chi connectivity index (χ0v) is 19.0. The molecule has 1 fully saturated rings. The molecule has 0 spiro atoms. The van der Waals surface area contributed by atoms with Gasteiger partial charge in [-0.25, -0.2) is 4.98 Å². The number of thiophene rings is 1. The third-order valence-corrected chi connectivity index (χ3v) is 8.29. The summed E-state index contributed by atoms with van der Waals surface area (Å²) in [6.45, 7) is 7.24. The minimum Gasteiger partial charge on any atom is -0.372 e. The highest BCUT2D eigenvalue weighted by Gasteiger charge is 2.30. The second kappa shape index (κ2) is 8.88. The lowest BCUT2D eigenvalue weighted by Gasteiger charge is -2.27. The maximum Gasteiger partial charge on any atom is 0.263 e. The van der Waals surface area contributed by atoms with Gasteiger partial charge in [0.2, 0.25) is 0 Å². The Labute approximate surface area is 176 Å². The van der Waals surface area contributed by atoms with Crippen LogP contribution in [-0.4, -0.2) is 21.4 Å². The van der Waals surface area contributed by atoms with Crippen molar-refractivity contribution < 1.29 is 4.74 Å². The number of hydrogen-bond donors (Lipinski definition) is 0. The van der Waals surface area contributed by atoms with Crippen molar-refractivity contribution in [3.05, 3.63) is 20.8 Å². The van der Waals surface area contributed by atoms with E-state index in [1.54, 1.807) is 23.1 Å². The van der Waals surface area contributed by atoms with E-state index >= 15 is 0 Å². The van der Waals surface area contributed by atoms with Crippen molar-refractivity contribution in [1.29, 1.82) is 0 Å². The fourth-order valence-corrected chi connectivity index (χ4v) is 6.73. The molecule has 1 unspecified atom stereocenters. The van der Waals surface area contributed by atoms with Crippen LogP contribution in [0.5, 0.6) is 0 Å². The molecule has 0 saturated heterocycles. The van der Waals surface area contributed by atoms with Gasteiger partial charge in [-0.05, 0) is 30.7 Å². The quantitative estimate of drug-likeness (QED) is 0.329. The van der Waals surface area contributed by atoms with Crippen LogP contribution in [-0.2, 0) is 17.8 Å². The van der Waals surface area contributed by atoms with E-state index in [4.69, 9.17) is 9.72 Å². The van der Waals surface area contributed by atoms with E-state index in [2.05, 4.69) is 25.3 Å². The molecule has 2 aromatic rings. The second-order valence-corrected chi connectivity index (χ2v) is 10.7. The van der Waals surface area contributed by atoms with Crippen molar-refractivity contribution in [2.24, 2.45) is 5.92 Å². The zero-order valence-electron chi connectivity index (χ0n) is 17.3. The summed E-state index contributed by atoms with van der Waals surface area (Å²) in [5.74, 6) is 1.49. The smallest absolute Gasteiger partial charge is 0.263 e. The van der Waals surface area contributed by atoms with Gasteiger partial charge in [0.05, 0.1) is 18.1 Å². The molecule has 1 saturated carbocycles. The number of rotatable bonds is 6. The van der Waals surface area contributed by atoms with E-state index in [0.717, 1.165) is 46.8 Å². The highest BCUT2D eigenvalue weighted by Crippen LogP contribution is 2.37. The van der Waals surface area contributed by atoms with Gasteiger partial charge in [0.25, 0.3) is 5.56 Å². The molecule has 1 aliphatic carbocycles. The number of hydrogen-bond acceptors (Lipinski definition) is 5. The summed E-state index contributed by atoms with van der Waals surface area (Å²) in [6.07, 6.45) is 9.33. The van der Waals surface area contributed by atoms with E-state index < -0.39 is 0 Å². The molecule has 2 aliphatic rings. The molecule has 4 nitrogen and oxygen atoms in total. The van der Waals surface area contributed by atoms with Crippen LogP contribution >= 0.6 is 23.1 Å². The van der Waals surface area contributed by atoms with Crippen LogP contribution < -0.4 is 5.56 Å². The number of ether oxygens (including phenoxy) is 1. The summed E-state index contributed by atoms with van der Waals surface area (Å²) in [4.78, 5) is 20.9. The molecule has 1 aliphatic heterocycles. The van der Waals surface area contributed by atoms with Crippen LogP contribution in [0.1, 0.15) is 82.2 Å². The molecule has 3 heterocycles. The monoisotopic (exact) mass is 420 g/mol. The van der Waals surface area contributed by atoms with E-state index in [-0.39, 0.29) is 11.7 Å². The van der Waals surface area contributed by atoms with E-state index in [0.29, 0.717) is 18.6 Å². The van der Waals surface area contributed by atoms with Crippen molar-refractivity contribution in [3.8, 4) is 0 Å². The standard InChI is InChI=1S/C22H32N2O2S2/c1-4-5-11-27-22-23-20-19(21(25)24(22)15-9-7-6-8-10-15)16-12-17(14(2)3)26-13-18(16)28-20/h14-15,17H,4-13H2,1-3H3. The number of aromatic nitrogens is 2. The average molecular weight is 421 g/mol. The van der Waals surface area contributed by atoms with Crippen LogP contribution in [0.15, 0.2) is 9.95 Å². The van der Waals surface area contributed by atoms with Gasteiger partial charge in [-0.3, -0.25) is 9.36 Å². The fraction of sp³-hybridized carbons (Fsp3) is 0.727. The molecule has 4 rings (SSSR count). The lowest BCUT2D eigenvalue weighted by atomic mass is 9.94. The molecule has 0 N–H and O–H groups in total. The molecule has 0 bridgehead atoms. The minimum atomic E-state index is 0.200. The van der Waals surface area contributed by atoms with Gasteiger partial charge in [0.1, 0.15) is 4.83 Å². The van der Waals surface area contributed by atoms with Crippen molar-refractivity contribution in [2.45, 2.75) is 96.0 Å². The SMILES string of the molecule is CCCCSc1nc2sc3c(c2c(=O)n1C1CCCCC1)CC(C(C)C)OC3. The Morgan fingerprint density at radius 2 is 2.07 bits per heavy atom. The summed E-state index contributed by atoms with van der Waals surface area (Å²) in [5.41, 5.74) is 1.43. The first kappa shape index (κ1) is 20.4. The maximum absolute atomic E-state index is 13.8. The molecule has 0 amide bonds. The normalized spacial score (nSPS) is 20.8. The molecule has 2 aromatic heterocycles. The van der Waals surface area contributed by atoms with Crippen LogP contribution in [0.2, 0.25) is 0 Å². The van der Waals surface area contributed by atoms with E-state index in [1.807, 2.05) is 0 Å². The summed E-state index contributed by atoms with van der Waals surface area (Å²) >= 11 is 3.45. The Morgan fingerprint density at radius 1 is 1.29 bits per heavy atom. The number of fused-ring (bicyclic) bond motifs is 3. The van der Waals surface area contributed by atoms with E-state index in [9.17, 15) is 4.79 Å². The minimum absolute atomic E-state index is 0.200. The van der Waals surface area contributed by atoms with Crippen LogP contribution in [0.25, 0.3) is 10.2 Å². The first-order chi connectivity index (χ1) is 13.6. The second-order valence-electron chi connectivity index (χ2n) is 8.54. The molecule has 28 heavy (non-hydrogen) atoms. The molecule has 1 atom stereocenters. The summed E-state index contributed by atoms with van der Waals surface area (Å²) in [5, 5.41) is 1.83. The van der Waals surface area contributed by atoms with Gasteiger partial charge in [-0.2, -0.15) is 0 Å². The molecule has 0 aromatic carbocycles. The molecule has 0 radical (unpaired) electrons. The molecule has 154 valence electrons. The maximum atomic E-state index is 13.8. The highest BCUT2D eigenvalue weighted by molar-refractivity contribution is 7.99. The van der Waals surface area contributed by atoms with Crippen molar-refractivity contribution in [3.63, 3.8) is 0 Å². The molecular weight excluding hydrogens is 388 g/mol. The average Bonchev–Trinajstić information content (AvgIpc) is 3.06. The van der Waals surface area contributed by atoms with Gasteiger partial charge < -0.3 is 4.74 Å². The Hall–Kier alpha value is -0.850. The Balaban J connectivity index is 1.81. The lowest BCUT2D eigenvalue weighted by molar-refractivity contribution is 0.00200. The third-order valence-electron chi connectivity index (χ3n) is 6.15. The van der Waals surface area contributed by atoms with Gasteiger partial charge in [0, 0.05) is 23.1 Å². The predicted molar refractivity (Wildman–Crippen MR) is 119 cm³/mol. The lowest BCUT2D eigenvalue weighted by Crippen LogP contribution is -2.31. The van der Waals surface area contributed by atoms with E-state index in [1.165, 1.54) is 36.1 Å². The topological polar surface area (TPSA) is 44.1 Å². The first-order valence-electron chi connectivity index (χ1n) is 10.9. The van der Waals surface area contributed by atoms with Gasteiger partial charge in [-0.1, -0.05) is 58.2 Å². The fourth-order valence-electron chi connectivity index (χ4n) is 4.42. The molecular formula is C22H32N2O2S2. The van der Waals surface area contributed by atoms with Crippen LogP contribution in [0, 0.1) is 5.92 Å². The number of nitrogens with zero attached hydrogens (tertiary/aromatic N) is 2. The summed E-state index contributed by atoms with van der Waals surface area (Å²) < 4.78 is 8.14. The Kier molecular flexibility index (Phi) is 6.48. The number of thioether (sulfide) groups is 1. The Bertz CT molecular complexity index is 881.